The molecule has 0 bridgehead atoms. The lowest BCUT2D eigenvalue weighted by Crippen LogP contribution is -2.17. The Hall–Kier alpha value is -1.39. The molecule has 1 aliphatic rings. The van der Waals surface area contributed by atoms with Crippen molar-refractivity contribution in [2.45, 2.75) is 26.2 Å². The summed E-state index contributed by atoms with van der Waals surface area (Å²) in [6.45, 7) is 2.40. The van der Waals surface area contributed by atoms with E-state index in [2.05, 4.69) is 10.5 Å². The van der Waals surface area contributed by atoms with Crippen LogP contribution in [0.3, 0.4) is 0 Å². The zero-order chi connectivity index (χ0) is 9.68. The number of hydrogen-bond donors (Lipinski definition) is 1. The van der Waals surface area contributed by atoms with E-state index in [1.807, 2.05) is 6.92 Å². The third kappa shape index (κ3) is 2.85. The summed E-state index contributed by atoms with van der Waals surface area (Å²) in [6, 6.07) is 0. The quantitative estimate of drug-likeness (QED) is 0.501. The second-order valence-electron chi connectivity index (χ2n) is 2.76. The Bertz CT molecular complexity index is 248. The van der Waals surface area contributed by atoms with Crippen molar-refractivity contribution >= 4 is 17.6 Å². The molecule has 1 heterocycles. The number of unbranched alkanes of at least 4 members (excludes halogenated alkanes) is 1. The largest absolute Gasteiger partial charge is 0.461 e. The highest BCUT2D eigenvalue weighted by Gasteiger charge is 2.22. The van der Waals surface area contributed by atoms with Crippen LogP contribution in [-0.4, -0.2) is 24.2 Å². The number of hydrogen-bond acceptors (Lipinski definition) is 4. The van der Waals surface area contributed by atoms with Crippen molar-refractivity contribution in [1.82, 2.24) is 5.43 Å². The molecule has 0 aromatic rings. The van der Waals surface area contributed by atoms with Crippen molar-refractivity contribution < 1.29 is 14.3 Å². The summed E-state index contributed by atoms with van der Waals surface area (Å²) in [4.78, 5) is 21.8. The van der Waals surface area contributed by atoms with Crippen LogP contribution in [0.4, 0.5) is 0 Å². The fraction of sp³-hybridized carbons (Fsp3) is 0.625. The maximum Gasteiger partial charge on any atom is 0.355 e. The lowest BCUT2D eigenvalue weighted by atomic mass is 10.3. The molecular weight excluding hydrogens is 172 g/mol. The molecule has 0 fully saturated rings. The Balaban J connectivity index is 2.28. The minimum Gasteiger partial charge on any atom is -0.461 e. The predicted octanol–water partition coefficient (Wildman–Crippen LogP) is 0.206. The van der Waals surface area contributed by atoms with Gasteiger partial charge in [-0.15, -0.1) is 0 Å². The maximum absolute atomic E-state index is 11.1. The average Bonchev–Trinajstić information content (AvgIpc) is 2.52. The van der Waals surface area contributed by atoms with Crippen molar-refractivity contribution in [3.63, 3.8) is 0 Å². The zero-order valence-electron chi connectivity index (χ0n) is 7.50. The first kappa shape index (κ1) is 9.70. The molecule has 0 unspecified atom stereocenters. The molecule has 5 nitrogen and oxygen atoms in total. The first-order chi connectivity index (χ1) is 6.24. The van der Waals surface area contributed by atoms with Crippen LogP contribution in [-0.2, 0) is 14.3 Å². The average molecular weight is 184 g/mol. The lowest BCUT2D eigenvalue weighted by molar-refractivity contribution is -0.136. The number of esters is 1. The van der Waals surface area contributed by atoms with E-state index in [1.54, 1.807) is 0 Å². The van der Waals surface area contributed by atoms with Gasteiger partial charge in [-0.05, 0) is 6.42 Å². The van der Waals surface area contributed by atoms with Crippen molar-refractivity contribution in [3.05, 3.63) is 0 Å². The molecule has 72 valence electrons. The summed E-state index contributed by atoms with van der Waals surface area (Å²) in [6.07, 6.45) is 1.84. The van der Waals surface area contributed by atoms with Crippen LogP contribution in [0.2, 0.25) is 0 Å². The zero-order valence-corrected chi connectivity index (χ0v) is 7.50. The molecule has 1 rings (SSSR count). The normalized spacial score (nSPS) is 15.2. The van der Waals surface area contributed by atoms with Crippen LogP contribution in [0.5, 0.6) is 0 Å². The van der Waals surface area contributed by atoms with Gasteiger partial charge in [-0.2, -0.15) is 5.10 Å². The Kier molecular flexibility index (Phi) is 3.42. The molecule has 1 amide bonds. The third-order valence-electron chi connectivity index (χ3n) is 1.61. The van der Waals surface area contributed by atoms with E-state index in [1.165, 1.54) is 0 Å². The van der Waals surface area contributed by atoms with Gasteiger partial charge in [0.05, 0.1) is 13.0 Å². The SMILES string of the molecule is CCCCOC(=O)C1=NNC(=O)C1. The highest BCUT2D eigenvalue weighted by Crippen LogP contribution is 1.98. The van der Waals surface area contributed by atoms with Crippen molar-refractivity contribution in [2.24, 2.45) is 5.10 Å². The van der Waals surface area contributed by atoms with Gasteiger partial charge in [-0.25, -0.2) is 10.2 Å². The van der Waals surface area contributed by atoms with E-state index in [4.69, 9.17) is 4.74 Å². The van der Waals surface area contributed by atoms with Gasteiger partial charge in [0, 0.05) is 0 Å². The Labute approximate surface area is 76.1 Å². The minimum atomic E-state index is -0.494. The predicted molar refractivity (Wildman–Crippen MR) is 46.1 cm³/mol. The second kappa shape index (κ2) is 4.59. The molecule has 1 N–H and O–H groups in total. The Morgan fingerprint density at radius 1 is 1.69 bits per heavy atom. The van der Waals surface area contributed by atoms with Gasteiger partial charge in [0.15, 0.2) is 5.71 Å². The van der Waals surface area contributed by atoms with Crippen molar-refractivity contribution in [3.8, 4) is 0 Å². The third-order valence-corrected chi connectivity index (χ3v) is 1.61. The van der Waals surface area contributed by atoms with Crippen molar-refractivity contribution in [2.75, 3.05) is 6.61 Å². The first-order valence-electron chi connectivity index (χ1n) is 4.26. The van der Waals surface area contributed by atoms with E-state index in [-0.39, 0.29) is 18.0 Å². The summed E-state index contributed by atoms with van der Waals surface area (Å²) >= 11 is 0. The number of ether oxygens (including phenoxy) is 1. The van der Waals surface area contributed by atoms with Crippen LogP contribution >= 0.6 is 0 Å². The molecule has 0 radical (unpaired) electrons. The summed E-state index contributed by atoms with van der Waals surface area (Å²) in [5.41, 5.74) is 2.36. The topological polar surface area (TPSA) is 67.8 Å². The second-order valence-corrected chi connectivity index (χ2v) is 2.76. The summed E-state index contributed by atoms with van der Waals surface area (Å²) in [7, 11) is 0. The Morgan fingerprint density at radius 3 is 3.00 bits per heavy atom. The number of nitrogens with one attached hydrogen (secondary N) is 1. The van der Waals surface area contributed by atoms with Crippen LogP contribution in [0.15, 0.2) is 5.10 Å². The maximum atomic E-state index is 11.1. The van der Waals surface area contributed by atoms with Crippen LogP contribution in [0.1, 0.15) is 26.2 Å². The van der Waals surface area contributed by atoms with Gasteiger partial charge >= 0.3 is 5.97 Å². The molecule has 5 heteroatoms. The number of rotatable bonds is 4. The van der Waals surface area contributed by atoms with Gasteiger partial charge in [0.1, 0.15) is 0 Å². The lowest BCUT2D eigenvalue weighted by Gasteiger charge is -2.00. The van der Waals surface area contributed by atoms with E-state index < -0.39 is 5.97 Å². The molecule has 0 aromatic carbocycles. The fourth-order valence-corrected chi connectivity index (χ4v) is 0.871. The van der Waals surface area contributed by atoms with Crippen LogP contribution in [0, 0.1) is 0 Å². The van der Waals surface area contributed by atoms with Gasteiger partial charge in [-0.1, -0.05) is 13.3 Å². The summed E-state index contributed by atoms with van der Waals surface area (Å²) in [5.74, 6) is -0.755. The minimum absolute atomic E-state index is 0.0327. The fourth-order valence-electron chi connectivity index (χ4n) is 0.871. The standard InChI is InChI=1S/C8H12N2O3/c1-2-3-4-13-8(12)6-5-7(11)10-9-6/h2-5H2,1H3,(H,10,11). The van der Waals surface area contributed by atoms with E-state index in [0.29, 0.717) is 6.61 Å². The van der Waals surface area contributed by atoms with Crippen molar-refractivity contribution in [1.29, 1.82) is 0 Å². The van der Waals surface area contributed by atoms with Gasteiger partial charge in [-0.3, -0.25) is 4.79 Å². The van der Waals surface area contributed by atoms with E-state index in [9.17, 15) is 9.59 Å². The number of nitrogens with zero attached hydrogens (tertiary/aromatic N) is 1. The summed E-state index contributed by atoms with van der Waals surface area (Å²) in [5, 5.41) is 3.54. The Morgan fingerprint density at radius 2 is 2.46 bits per heavy atom. The number of amides is 1. The molecule has 0 aliphatic carbocycles. The number of carbonyl (C=O) groups excluding carboxylic acids is 2. The molecule has 0 spiro atoms. The van der Waals surface area contributed by atoms with Crippen LogP contribution < -0.4 is 5.43 Å². The highest BCUT2D eigenvalue weighted by atomic mass is 16.5. The first-order valence-corrected chi connectivity index (χ1v) is 4.26. The molecule has 0 atom stereocenters. The molecular formula is C8H12N2O3. The summed E-state index contributed by atoms with van der Waals surface area (Å²) < 4.78 is 4.85. The number of hydrazone groups is 1. The van der Waals surface area contributed by atoms with E-state index in [0.717, 1.165) is 12.8 Å². The van der Waals surface area contributed by atoms with Gasteiger partial charge in [0.2, 0.25) is 5.91 Å². The molecule has 0 saturated carbocycles. The monoisotopic (exact) mass is 184 g/mol. The van der Waals surface area contributed by atoms with Crippen LogP contribution in [0.25, 0.3) is 0 Å². The molecule has 0 saturated heterocycles. The molecule has 0 aromatic heterocycles. The highest BCUT2D eigenvalue weighted by molar-refractivity contribution is 6.41. The smallest absolute Gasteiger partial charge is 0.355 e. The van der Waals surface area contributed by atoms with Gasteiger partial charge in [0.25, 0.3) is 0 Å². The molecule has 13 heavy (non-hydrogen) atoms. The molecule has 1 aliphatic heterocycles. The number of carbonyl (C=O) groups is 2. The van der Waals surface area contributed by atoms with E-state index >= 15 is 0 Å². The van der Waals surface area contributed by atoms with Gasteiger partial charge < -0.3 is 4.74 Å².